The molecule has 27 heavy (non-hydrogen) atoms. The normalized spacial score (nSPS) is 15.3. The number of fused-ring (bicyclic) bond motifs is 1. The van der Waals surface area contributed by atoms with E-state index in [4.69, 9.17) is 23.2 Å². The molecule has 4 nitrogen and oxygen atoms in total. The van der Waals surface area contributed by atoms with E-state index in [2.05, 4.69) is 4.74 Å². The van der Waals surface area contributed by atoms with Gasteiger partial charge in [-0.3, -0.25) is 4.79 Å². The molecule has 0 spiro atoms. The van der Waals surface area contributed by atoms with E-state index in [-0.39, 0.29) is 17.8 Å². The summed E-state index contributed by atoms with van der Waals surface area (Å²) < 4.78 is 33.6. The van der Waals surface area contributed by atoms with Gasteiger partial charge >= 0.3 is 17.8 Å². The molecule has 0 radical (unpaired) electrons. The van der Waals surface area contributed by atoms with Crippen molar-refractivity contribution in [3.63, 3.8) is 0 Å². The van der Waals surface area contributed by atoms with Crippen LogP contribution in [0.1, 0.15) is 16.7 Å². The summed E-state index contributed by atoms with van der Waals surface area (Å²) in [6.45, 7) is -0.148. The van der Waals surface area contributed by atoms with Gasteiger partial charge in [-0.15, -0.1) is 0 Å². The van der Waals surface area contributed by atoms with Crippen molar-refractivity contribution in [1.29, 1.82) is 0 Å². The molecule has 0 unspecified atom stereocenters. The summed E-state index contributed by atoms with van der Waals surface area (Å²) >= 11 is 11.9. The largest absolute Gasteiger partial charge is 0.466 e. The van der Waals surface area contributed by atoms with Crippen molar-refractivity contribution >= 4 is 46.8 Å². The van der Waals surface area contributed by atoms with E-state index in [1.165, 1.54) is 37.5 Å². The van der Waals surface area contributed by atoms with E-state index >= 15 is 0 Å². The first-order valence-corrected chi connectivity index (χ1v) is 8.54. The maximum absolute atomic E-state index is 14.5. The molecule has 1 heterocycles. The summed E-state index contributed by atoms with van der Waals surface area (Å²) in [5.41, 5.74) is 0.393. The second-order valence-corrected chi connectivity index (χ2v) is 6.72. The fraction of sp³-hybridized carbons (Fsp3) is 0.158. The van der Waals surface area contributed by atoms with E-state index in [1.807, 2.05) is 0 Å². The van der Waals surface area contributed by atoms with Crippen LogP contribution in [0, 0.1) is 0 Å². The summed E-state index contributed by atoms with van der Waals surface area (Å²) in [4.78, 5) is 24.7. The average molecular weight is 412 g/mol. The Hall–Kier alpha value is -2.44. The molecule has 1 aliphatic rings. The van der Waals surface area contributed by atoms with Crippen LogP contribution in [0.2, 0.25) is 10.0 Å². The van der Waals surface area contributed by atoms with Gasteiger partial charge in [0.25, 0.3) is 0 Å². The van der Waals surface area contributed by atoms with Crippen molar-refractivity contribution in [2.24, 2.45) is 0 Å². The lowest BCUT2D eigenvalue weighted by molar-refractivity contribution is -0.141. The molecule has 0 saturated heterocycles. The van der Waals surface area contributed by atoms with Crippen LogP contribution in [0.15, 0.2) is 42.5 Å². The molecule has 0 fully saturated rings. The minimum atomic E-state index is -3.67. The summed E-state index contributed by atoms with van der Waals surface area (Å²) in [5.74, 6) is -5.67. The molecule has 2 aromatic carbocycles. The van der Waals surface area contributed by atoms with Crippen LogP contribution in [0.3, 0.4) is 0 Å². The molecule has 0 aliphatic carbocycles. The number of hydrogen-bond acceptors (Lipinski definition) is 3. The molecule has 3 rings (SSSR count). The first-order valence-electron chi connectivity index (χ1n) is 7.78. The van der Waals surface area contributed by atoms with Crippen LogP contribution < -0.4 is 4.90 Å². The van der Waals surface area contributed by atoms with Crippen LogP contribution in [0.25, 0.3) is 6.08 Å². The van der Waals surface area contributed by atoms with E-state index in [0.29, 0.717) is 15.6 Å². The van der Waals surface area contributed by atoms with E-state index in [0.717, 1.165) is 11.0 Å². The van der Waals surface area contributed by atoms with Gasteiger partial charge in [0.15, 0.2) is 0 Å². The zero-order valence-electron chi connectivity index (χ0n) is 14.0. The highest BCUT2D eigenvalue weighted by molar-refractivity contribution is 6.34. The third-order valence-corrected chi connectivity index (χ3v) is 4.49. The van der Waals surface area contributed by atoms with E-state index < -0.39 is 23.4 Å². The van der Waals surface area contributed by atoms with Gasteiger partial charge in [-0.05, 0) is 35.4 Å². The number of para-hydroxylation sites is 1. The molecule has 140 valence electrons. The molecule has 2 aromatic rings. The van der Waals surface area contributed by atoms with Gasteiger partial charge in [-0.2, -0.15) is 8.78 Å². The fourth-order valence-electron chi connectivity index (χ4n) is 2.90. The number of nitrogens with zero attached hydrogens (tertiary/aromatic N) is 1. The summed E-state index contributed by atoms with van der Waals surface area (Å²) in [7, 11) is 1.20. The minimum Gasteiger partial charge on any atom is -0.466 e. The Balaban J connectivity index is 2.08. The lowest BCUT2D eigenvalue weighted by Gasteiger charge is -2.19. The van der Waals surface area contributed by atoms with Gasteiger partial charge < -0.3 is 9.64 Å². The number of ether oxygens (including phenoxy) is 1. The molecule has 0 aromatic heterocycles. The minimum absolute atomic E-state index is 0.0313. The Kier molecular flexibility index (Phi) is 5.22. The average Bonchev–Trinajstić information content (AvgIpc) is 2.80. The van der Waals surface area contributed by atoms with Gasteiger partial charge in [0, 0.05) is 16.1 Å². The Morgan fingerprint density at radius 1 is 1.22 bits per heavy atom. The molecular formula is C19H13Cl2F2NO3. The number of hydrogen-bond donors (Lipinski definition) is 0. The van der Waals surface area contributed by atoms with Crippen molar-refractivity contribution in [3.8, 4) is 0 Å². The second kappa shape index (κ2) is 7.29. The number of methoxy groups -OCH3 is 1. The molecular weight excluding hydrogens is 399 g/mol. The zero-order valence-corrected chi connectivity index (χ0v) is 15.5. The third kappa shape index (κ3) is 3.68. The van der Waals surface area contributed by atoms with Crippen LogP contribution in [0.4, 0.5) is 14.5 Å². The lowest BCUT2D eigenvalue weighted by Crippen LogP contribution is -2.34. The van der Waals surface area contributed by atoms with Gasteiger partial charge in [0.1, 0.15) is 0 Å². The number of rotatable bonds is 4. The molecule has 0 saturated carbocycles. The Morgan fingerprint density at radius 2 is 1.89 bits per heavy atom. The monoisotopic (exact) mass is 411 g/mol. The van der Waals surface area contributed by atoms with Gasteiger partial charge in [0.2, 0.25) is 0 Å². The molecule has 1 aliphatic heterocycles. The van der Waals surface area contributed by atoms with Gasteiger partial charge in [-0.1, -0.05) is 41.4 Å². The molecule has 0 atom stereocenters. The third-order valence-electron chi connectivity index (χ3n) is 4.05. The highest BCUT2D eigenvalue weighted by Crippen LogP contribution is 2.47. The van der Waals surface area contributed by atoms with Crippen molar-refractivity contribution in [1.82, 2.24) is 0 Å². The predicted molar refractivity (Wildman–Crippen MR) is 99.0 cm³/mol. The standard InChI is InChI=1S/C19H13Cl2F2NO3/c1-27-16(25)6-5-12-3-2-4-15-17(12)24(18(26)19(15,22)23)10-11-7-13(20)9-14(21)8-11/h2-9H,10H2,1H3/b6-5+. The summed E-state index contributed by atoms with van der Waals surface area (Å²) in [6.07, 6.45) is 2.43. The van der Waals surface area contributed by atoms with Crippen LogP contribution in [-0.2, 0) is 26.8 Å². The van der Waals surface area contributed by atoms with Gasteiger partial charge in [0.05, 0.1) is 24.9 Å². The van der Waals surface area contributed by atoms with Crippen molar-refractivity contribution in [2.75, 3.05) is 12.0 Å². The Bertz CT molecular complexity index is 940. The smallest absolute Gasteiger partial charge is 0.352 e. The number of esters is 1. The Labute approximate surface area is 163 Å². The maximum atomic E-state index is 14.5. The van der Waals surface area contributed by atoms with Crippen LogP contribution >= 0.6 is 23.2 Å². The highest BCUT2D eigenvalue weighted by Gasteiger charge is 2.53. The number of alkyl halides is 2. The van der Waals surface area contributed by atoms with E-state index in [9.17, 15) is 18.4 Å². The quantitative estimate of drug-likeness (QED) is 0.535. The summed E-state index contributed by atoms with van der Waals surface area (Å²) in [5, 5.41) is 0.657. The molecule has 1 amide bonds. The number of carbonyl (C=O) groups is 2. The number of benzene rings is 2. The number of anilines is 1. The highest BCUT2D eigenvalue weighted by atomic mass is 35.5. The molecule has 8 heteroatoms. The molecule has 0 bridgehead atoms. The van der Waals surface area contributed by atoms with Crippen molar-refractivity contribution < 1.29 is 23.1 Å². The summed E-state index contributed by atoms with van der Waals surface area (Å²) in [6, 6.07) is 8.72. The Morgan fingerprint density at radius 3 is 2.52 bits per heavy atom. The number of halogens is 4. The van der Waals surface area contributed by atoms with Crippen molar-refractivity contribution in [2.45, 2.75) is 12.5 Å². The lowest BCUT2D eigenvalue weighted by atomic mass is 10.0. The maximum Gasteiger partial charge on any atom is 0.352 e. The topological polar surface area (TPSA) is 46.6 Å². The predicted octanol–water partition coefficient (Wildman–Crippen LogP) is 4.82. The SMILES string of the molecule is COC(=O)/C=C/c1cccc2c1N(Cc1cc(Cl)cc(Cl)c1)C(=O)C2(F)F. The number of amides is 1. The first kappa shape index (κ1) is 19.3. The van der Waals surface area contributed by atoms with Crippen LogP contribution in [-0.4, -0.2) is 19.0 Å². The second-order valence-electron chi connectivity index (χ2n) is 5.84. The van der Waals surface area contributed by atoms with Gasteiger partial charge in [-0.25, -0.2) is 4.79 Å². The van der Waals surface area contributed by atoms with Crippen LogP contribution in [0.5, 0.6) is 0 Å². The molecule has 0 N–H and O–H groups in total. The van der Waals surface area contributed by atoms with Crippen molar-refractivity contribution in [3.05, 3.63) is 69.2 Å². The van der Waals surface area contributed by atoms with E-state index in [1.54, 1.807) is 12.1 Å². The number of carbonyl (C=O) groups excluding carboxylic acids is 2. The fourth-order valence-corrected chi connectivity index (χ4v) is 3.47. The first-order chi connectivity index (χ1) is 12.7. The zero-order chi connectivity index (χ0) is 19.8.